The van der Waals surface area contributed by atoms with Crippen molar-refractivity contribution < 1.29 is 9.53 Å². The maximum absolute atomic E-state index is 12.7. The van der Waals surface area contributed by atoms with Crippen LogP contribution in [0.15, 0.2) is 18.2 Å². The van der Waals surface area contributed by atoms with Crippen molar-refractivity contribution in [2.75, 3.05) is 13.2 Å². The quantitative estimate of drug-likeness (QED) is 0.903. The van der Waals surface area contributed by atoms with Crippen molar-refractivity contribution in [3.63, 3.8) is 0 Å². The Morgan fingerprint density at radius 2 is 2.04 bits per heavy atom. The van der Waals surface area contributed by atoms with Gasteiger partial charge >= 0.3 is 0 Å². The summed E-state index contributed by atoms with van der Waals surface area (Å²) < 4.78 is 6.01. The van der Waals surface area contributed by atoms with Gasteiger partial charge in [-0.2, -0.15) is 5.26 Å². The molecule has 2 fully saturated rings. The lowest BCUT2D eigenvalue weighted by atomic mass is 9.92. The molecule has 2 saturated heterocycles. The van der Waals surface area contributed by atoms with Gasteiger partial charge in [-0.3, -0.25) is 10.1 Å². The second kappa shape index (κ2) is 7.67. The van der Waals surface area contributed by atoms with Crippen LogP contribution in [0.1, 0.15) is 49.7 Å². The zero-order valence-electron chi connectivity index (χ0n) is 15.2. The number of nitrogens with zero attached hydrogens (tertiary/aromatic N) is 2. The summed E-state index contributed by atoms with van der Waals surface area (Å²) in [6.07, 6.45) is 8.40. The third-order valence-corrected chi connectivity index (χ3v) is 5.99. The van der Waals surface area contributed by atoms with E-state index in [1.54, 1.807) is 4.90 Å². The minimum Gasteiger partial charge on any atom is -0.492 e. The van der Waals surface area contributed by atoms with E-state index in [1.165, 1.54) is 30.4 Å². The van der Waals surface area contributed by atoms with E-state index < -0.39 is 0 Å². The van der Waals surface area contributed by atoms with Gasteiger partial charge in [0.1, 0.15) is 18.4 Å². The van der Waals surface area contributed by atoms with Crippen LogP contribution >= 0.6 is 0 Å². The first-order valence-electron chi connectivity index (χ1n) is 9.95. The van der Waals surface area contributed by atoms with Gasteiger partial charge < -0.3 is 9.64 Å². The van der Waals surface area contributed by atoms with Gasteiger partial charge in [-0.05, 0) is 74.6 Å². The molecule has 3 atom stereocenters. The number of likely N-dealkylation sites (tertiary alicyclic amines) is 1. The fourth-order valence-corrected chi connectivity index (χ4v) is 4.51. The average molecular weight is 353 g/mol. The molecule has 4 rings (SSSR count). The van der Waals surface area contributed by atoms with Gasteiger partial charge in [0.25, 0.3) is 0 Å². The fraction of sp³-hybridized carbons (Fsp3) is 0.619. The van der Waals surface area contributed by atoms with Gasteiger partial charge in [0.15, 0.2) is 0 Å². The van der Waals surface area contributed by atoms with Crippen molar-refractivity contribution in [1.29, 1.82) is 5.26 Å². The van der Waals surface area contributed by atoms with Crippen LogP contribution in [0, 0.1) is 11.3 Å². The molecule has 0 saturated carbocycles. The van der Waals surface area contributed by atoms with Crippen molar-refractivity contribution in [3.8, 4) is 11.8 Å². The number of nitriles is 1. The summed E-state index contributed by atoms with van der Waals surface area (Å²) in [5.74, 6) is 1.02. The van der Waals surface area contributed by atoms with Crippen LogP contribution in [0.4, 0.5) is 0 Å². The van der Waals surface area contributed by atoms with Gasteiger partial charge in [-0.15, -0.1) is 0 Å². The molecular formula is C21H27N3O2. The smallest absolute Gasteiger partial charge is 0.240 e. The molecule has 0 bridgehead atoms. The van der Waals surface area contributed by atoms with E-state index in [0.717, 1.165) is 37.9 Å². The summed E-state index contributed by atoms with van der Waals surface area (Å²) in [5.41, 5.74) is 2.89. The van der Waals surface area contributed by atoms with Crippen molar-refractivity contribution in [2.24, 2.45) is 0 Å². The Labute approximate surface area is 155 Å². The van der Waals surface area contributed by atoms with Gasteiger partial charge in [-0.1, -0.05) is 6.07 Å². The normalized spacial score (nSPS) is 27.8. The number of carbonyl (C=O) groups is 1. The van der Waals surface area contributed by atoms with Crippen LogP contribution in [0.5, 0.6) is 5.75 Å². The third kappa shape index (κ3) is 3.57. The van der Waals surface area contributed by atoms with Crippen molar-refractivity contribution >= 4 is 5.91 Å². The Hall–Kier alpha value is -2.06. The minimum absolute atomic E-state index is 0.0883. The minimum atomic E-state index is -0.241. The lowest BCUT2D eigenvalue weighted by molar-refractivity contribution is -0.133. The van der Waals surface area contributed by atoms with E-state index in [1.807, 2.05) is 0 Å². The maximum Gasteiger partial charge on any atom is 0.240 e. The monoisotopic (exact) mass is 353 g/mol. The van der Waals surface area contributed by atoms with E-state index in [9.17, 15) is 10.1 Å². The van der Waals surface area contributed by atoms with Crippen LogP contribution in [0.3, 0.4) is 0 Å². The Bertz CT molecular complexity index is 712. The number of aryl methyl sites for hydroxylation is 2. The highest BCUT2D eigenvalue weighted by Crippen LogP contribution is 2.26. The van der Waals surface area contributed by atoms with Crippen LogP contribution in [0.2, 0.25) is 0 Å². The number of nitrogens with one attached hydrogen (secondary N) is 1. The SMILES string of the molecule is N#CC1CCCN1C(=O)C1CCC(COc2ccc3c(c2)CCCC3)N1. The van der Waals surface area contributed by atoms with Crippen molar-refractivity contribution in [1.82, 2.24) is 10.2 Å². The van der Waals surface area contributed by atoms with Crippen LogP contribution < -0.4 is 10.1 Å². The molecule has 5 heteroatoms. The van der Waals surface area contributed by atoms with Crippen LogP contribution in [0.25, 0.3) is 0 Å². The van der Waals surface area contributed by atoms with E-state index in [2.05, 4.69) is 29.6 Å². The van der Waals surface area contributed by atoms with Crippen molar-refractivity contribution in [3.05, 3.63) is 29.3 Å². The Kier molecular flexibility index (Phi) is 5.12. The molecule has 5 nitrogen and oxygen atoms in total. The van der Waals surface area contributed by atoms with Gasteiger partial charge in [0.05, 0.1) is 12.1 Å². The molecule has 138 valence electrons. The zero-order valence-corrected chi connectivity index (χ0v) is 15.2. The number of hydrogen-bond acceptors (Lipinski definition) is 4. The number of ether oxygens (including phenoxy) is 1. The molecular weight excluding hydrogens is 326 g/mol. The molecule has 2 aliphatic heterocycles. The number of rotatable bonds is 4. The number of hydrogen-bond donors (Lipinski definition) is 1. The summed E-state index contributed by atoms with van der Waals surface area (Å²) in [5, 5.41) is 12.6. The Balaban J connectivity index is 1.29. The van der Waals surface area contributed by atoms with Gasteiger partial charge in [0, 0.05) is 12.6 Å². The highest BCUT2D eigenvalue weighted by atomic mass is 16.5. The number of amides is 1. The number of benzene rings is 1. The molecule has 3 unspecified atom stereocenters. The maximum atomic E-state index is 12.7. The third-order valence-electron chi connectivity index (χ3n) is 5.99. The van der Waals surface area contributed by atoms with E-state index in [4.69, 9.17) is 4.74 Å². The summed E-state index contributed by atoms with van der Waals surface area (Å²) in [6, 6.07) is 8.51. The van der Waals surface area contributed by atoms with E-state index >= 15 is 0 Å². The second-order valence-electron chi connectivity index (χ2n) is 7.76. The molecule has 1 N–H and O–H groups in total. The highest BCUT2D eigenvalue weighted by Gasteiger charge is 2.36. The molecule has 1 aromatic carbocycles. The second-order valence-corrected chi connectivity index (χ2v) is 7.76. The molecule has 2 heterocycles. The first-order chi connectivity index (χ1) is 12.7. The lowest BCUT2D eigenvalue weighted by Crippen LogP contribution is -2.47. The average Bonchev–Trinajstić information content (AvgIpc) is 3.35. The predicted octanol–water partition coefficient (Wildman–Crippen LogP) is 2.58. The number of fused-ring (bicyclic) bond motifs is 1. The molecule has 1 amide bonds. The molecule has 3 aliphatic rings. The summed E-state index contributed by atoms with van der Waals surface area (Å²) in [4.78, 5) is 14.4. The summed E-state index contributed by atoms with van der Waals surface area (Å²) in [6.45, 7) is 1.30. The molecule has 0 spiro atoms. The molecule has 0 radical (unpaired) electrons. The first kappa shape index (κ1) is 17.4. The lowest BCUT2D eigenvalue weighted by Gasteiger charge is -2.24. The fourth-order valence-electron chi connectivity index (χ4n) is 4.51. The molecule has 1 aliphatic carbocycles. The van der Waals surface area contributed by atoms with Gasteiger partial charge in [-0.25, -0.2) is 0 Å². The molecule has 1 aromatic rings. The highest BCUT2D eigenvalue weighted by molar-refractivity contribution is 5.83. The van der Waals surface area contributed by atoms with E-state index in [-0.39, 0.29) is 24.0 Å². The van der Waals surface area contributed by atoms with Crippen LogP contribution in [-0.2, 0) is 17.6 Å². The number of carbonyl (C=O) groups excluding carboxylic acids is 1. The van der Waals surface area contributed by atoms with E-state index in [0.29, 0.717) is 13.2 Å². The Morgan fingerprint density at radius 1 is 1.19 bits per heavy atom. The van der Waals surface area contributed by atoms with Crippen LogP contribution in [-0.4, -0.2) is 42.1 Å². The first-order valence-corrected chi connectivity index (χ1v) is 9.95. The van der Waals surface area contributed by atoms with Crippen molar-refractivity contribution in [2.45, 2.75) is 69.5 Å². The predicted molar refractivity (Wildman–Crippen MR) is 98.9 cm³/mol. The summed E-state index contributed by atoms with van der Waals surface area (Å²) in [7, 11) is 0. The topological polar surface area (TPSA) is 65.4 Å². The molecule has 0 aromatic heterocycles. The molecule has 26 heavy (non-hydrogen) atoms. The van der Waals surface area contributed by atoms with Gasteiger partial charge in [0.2, 0.25) is 5.91 Å². The Morgan fingerprint density at radius 3 is 2.88 bits per heavy atom. The zero-order chi connectivity index (χ0) is 17.9. The standard InChI is InChI=1S/C21H27N3O2/c22-13-18-6-3-11-24(18)21(25)20-10-8-17(23-20)14-26-19-9-7-15-4-1-2-5-16(15)12-19/h7,9,12,17-18,20,23H,1-6,8,10-11,14H2. The largest absolute Gasteiger partial charge is 0.492 e. The summed E-state index contributed by atoms with van der Waals surface area (Å²) >= 11 is 0.